The van der Waals surface area contributed by atoms with Gasteiger partial charge in [-0.05, 0) is 38.4 Å². The van der Waals surface area contributed by atoms with Crippen molar-refractivity contribution in [2.24, 2.45) is 0 Å². The van der Waals surface area contributed by atoms with Gasteiger partial charge in [0.1, 0.15) is 0 Å². The van der Waals surface area contributed by atoms with Gasteiger partial charge in [-0.1, -0.05) is 0 Å². The first kappa shape index (κ1) is 15.3. The van der Waals surface area contributed by atoms with Crippen LogP contribution in [0.4, 0.5) is 0 Å². The number of carbonyl (C=O) groups is 1. The van der Waals surface area contributed by atoms with Crippen molar-refractivity contribution in [1.29, 1.82) is 0 Å². The minimum Gasteiger partial charge on any atom is -0.379 e. The highest BCUT2D eigenvalue weighted by Gasteiger charge is 2.42. The van der Waals surface area contributed by atoms with Gasteiger partial charge in [-0.25, -0.2) is 4.98 Å². The van der Waals surface area contributed by atoms with Crippen LogP contribution in [0.5, 0.6) is 0 Å². The average Bonchev–Trinajstić information content (AvgIpc) is 3.04. The topological polar surface area (TPSA) is 53.4 Å². The van der Waals surface area contributed by atoms with E-state index in [0.717, 1.165) is 23.6 Å². The zero-order valence-corrected chi connectivity index (χ0v) is 14.2. The van der Waals surface area contributed by atoms with Gasteiger partial charge in [0.15, 0.2) is 5.60 Å². The van der Waals surface area contributed by atoms with E-state index in [9.17, 15) is 9.90 Å². The Labute approximate surface area is 133 Å². The second-order valence-electron chi connectivity index (χ2n) is 6.15. The summed E-state index contributed by atoms with van der Waals surface area (Å²) in [6, 6.07) is 0. The molecule has 0 unspecified atom stereocenters. The van der Waals surface area contributed by atoms with Crippen LogP contribution in [0, 0.1) is 6.92 Å². The molecular weight excluding hydrogens is 304 g/mol. The van der Waals surface area contributed by atoms with Gasteiger partial charge >= 0.3 is 0 Å². The zero-order chi connectivity index (χ0) is 15.0. The first-order chi connectivity index (χ1) is 9.99. The number of aliphatic hydroxyl groups is 1. The molecule has 3 rings (SSSR count). The second kappa shape index (κ2) is 5.89. The number of nitrogens with zero attached hydrogens (tertiary/aromatic N) is 2. The van der Waals surface area contributed by atoms with E-state index >= 15 is 0 Å². The van der Waals surface area contributed by atoms with Crippen molar-refractivity contribution in [3.05, 3.63) is 15.6 Å². The molecule has 0 radical (unpaired) electrons. The van der Waals surface area contributed by atoms with E-state index < -0.39 is 5.60 Å². The SMILES string of the molecule is Cc1nc2c(s1)CCC[C@@H]2CN(C)C(=O)[C@]1(O)CCSC1. The Hall–Kier alpha value is -0.590. The van der Waals surface area contributed by atoms with Gasteiger partial charge in [-0.2, -0.15) is 11.8 Å². The third kappa shape index (κ3) is 2.98. The van der Waals surface area contributed by atoms with E-state index in [1.807, 2.05) is 14.0 Å². The Morgan fingerprint density at radius 1 is 1.57 bits per heavy atom. The van der Waals surface area contributed by atoms with E-state index in [4.69, 9.17) is 0 Å². The number of thioether (sulfide) groups is 1. The third-order valence-electron chi connectivity index (χ3n) is 4.42. The van der Waals surface area contributed by atoms with Crippen molar-refractivity contribution in [3.8, 4) is 0 Å². The highest BCUT2D eigenvalue weighted by Crippen LogP contribution is 2.36. The lowest BCUT2D eigenvalue weighted by Gasteiger charge is -2.31. The van der Waals surface area contributed by atoms with Crippen molar-refractivity contribution < 1.29 is 9.90 Å². The predicted molar refractivity (Wildman–Crippen MR) is 87.1 cm³/mol. The molecule has 0 bridgehead atoms. The van der Waals surface area contributed by atoms with E-state index in [1.54, 1.807) is 28.0 Å². The number of aryl methyl sites for hydroxylation is 2. The van der Waals surface area contributed by atoms with Crippen LogP contribution in [0.3, 0.4) is 0 Å². The number of aromatic nitrogens is 1. The normalized spacial score (nSPS) is 28.4. The number of hydrogen-bond donors (Lipinski definition) is 1. The summed E-state index contributed by atoms with van der Waals surface area (Å²) in [5, 5.41) is 11.6. The smallest absolute Gasteiger partial charge is 0.255 e. The summed E-state index contributed by atoms with van der Waals surface area (Å²) in [6.45, 7) is 2.72. The maximum absolute atomic E-state index is 12.5. The quantitative estimate of drug-likeness (QED) is 0.925. The standard InChI is InChI=1S/C15H22N2O2S2/c1-10-16-13-11(4-3-5-12(13)21-10)8-17(2)14(18)15(19)6-7-20-9-15/h11,19H,3-9H2,1-2H3/t11-,15+/m1/s1. The molecular formula is C15H22N2O2S2. The average molecular weight is 326 g/mol. The van der Waals surface area contributed by atoms with E-state index in [0.29, 0.717) is 24.6 Å². The van der Waals surface area contributed by atoms with Crippen LogP contribution in [-0.2, 0) is 11.2 Å². The highest BCUT2D eigenvalue weighted by atomic mass is 32.2. The first-order valence-electron chi connectivity index (χ1n) is 7.51. The molecule has 1 aliphatic heterocycles. The number of carbonyl (C=O) groups excluding carboxylic acids is 1. The first-order valence-corrected chi connectivity index (χ1v) is 9.48. The molecule has 0 saturated carbocycles. The lowest BCUT2D eigenvalue weighted by atomic mass is 9.90. The fraction of sp³-hybridized carbons (Fsp3) is 0.733. The lowest BCUT2D eigenvalue weighted by Crippen LogP contribution is -2.48. The summed E-state index contributed by atoms with van der Waals surface area (Å²) < 4.78 is 0. The Balaban J connectivity index is 1.70. The van der Waals surface area contributed by atoms with Crippen molar-refractivity contribution in [1.82, 2.24) is 9.88 Å². The van der Waals surface area contributed by atoms with Crippen LogP contribution in [-0.4, -0.2) is 51.6 Å². The number of thiazole rings is 1. The van der Waals surface area contributed by atoms with Crippen LogP contribution in [0.25, 0.3) is 0 Å². The molecule has 1 aliphatic carbocycles. The number of likely N-dealkylation sites (N-methyl/N-ethyl adjacent to an activating group) is 1. The fourth-order valence-corrected chi connectivity index (χ4v) is 5.59. The van der Waals surface area contributed by atoms with Gasteiger partial charge < -0.3 is 10.0 Å². The van der Waals surface area contributed by atoms with Gasteiger partial charge in [0.05, 0.1) is 10.7 Å². The van der Waals surface area contributed by atoms with Crippen molar-refractivity contribution >= 4 is 29.0 Å². The minimum atomic E-state index is -1.14. The predicted octanol–water partition coefficient (Wildman–Crippen LogP) is 2.20. The van der Waals surface area contributed by atoms with Crippen LogP contribution < -0.4 is 0 Å². The van der Waals surface area contributed by atoms with Crippen LogP contribution in [0.15, 0.2) is 0 Å². The van der Waals surface area contributed by atoms with Crippen LogP contribution >= 0.6 is 23.1 Å². The number of fused-ring (bicyclic) bond motifs is 1. The molecule has 0 spiro atoms. The maximum atomic E-state index is 12.5. The minimum absolute atomic E-state index is 0.119. The molecule has 1 aromatic heterocycles. The monoisotopic (exact) mass is 326 g/mol. The van der Waals surface area contributed by atoms with Crippen molar-refractivity contribution in [2.45, 2.75) is 44.1 Å². The Morgan fingerprint density at radius 3 is 3.10 bits per heavy atom. The van der Waals surface area contributed by atoms with E-state index in [2.05, 4.69) is 4.98 Å². The van der Waals surface area contributed by atoms with Crippen molar-refractivity contribution in [2.75, 3.05) is 25.1 Å². The van der Waals surface area contributed by atoms with Gasteiger partial charge in [-0.15, -0.1) is 11.3 Å². The van der Waals surface area contributed by atoms with Gasteiger partial charge in [-0.3, -0.25) is 4.79 Å². The summed E-state index contributed by atoms with van der Waals surface area (Å²) in [4.78, 5) is 20.3. The Bertz CT molecular complexity index is 538. The van der Waals surface area contributed by atoms with Crippen molar-refractivity contribution in [3.63, 3.8) is 0 Å². The highest BCUT2D eigenvalue weighted by molar-refractivity contribution is 7.99. The molecule has 2 heterocycles. The van der Waals surface area contributed by atoms with E-state index in [-0.39, 0.29) is 5.91 Å². The largest absolute Gasteiger partial charge is 0.379 e. The Kier molecular flexibility index (Phi) is 4.30. The summed E-state index contributed by atoms with van der Waals surface area (Å²) in [7, 11) is 1.82. The Morgan fingerprint density at radius 2 is 2.38 bits per heavy atom. The third-order valence-corrected chi connectivity index (χ3v) is 6.64. The number of rotatable bonds is 3. The molecule has 21 heavy (non-hydrogen) atoms. The molecule has 1 amide bonds. The molecule has 1 N–H and O–H groups in total. The molecule has 1 aromatic rings. The zero-order valence-electron chi connectivity index (χ0n) is 12.6. The molecule has 1 saturated heterocycles. The molecule has 2 aliphatic rings. The van der Waals surface area contributed by atoms with E-state index in [1.165, 1.54) is 17.0 Å². The lowest BCUT2D eigenvalue weighted by molar-refractivity contribution is -0.147. The van der Waals surface area contributed by atoms with Crippen LogP contribution in [0.1, 0.15) is 40.8 Å². The van der Waals surface area contributed by atoms with Crippen LogP contribution in [0.2, 0.25) is 0 Å². The fourth-order valence-electron chi connectivity index (χ4n) is 3.30. The van der Waals surface area contributed by atoms with Gasteiger partial charge in [0.25, 0.3) is 5.91 Å². The molecule has 4 nitrogen and oxygen atoms in total. The molecule has 116 valence electrons. The number of amides is 1. The molecule has 6 heteroatoms. The summed E-state index contributed by atoms with van der Waals surface area (Å²) in [5.74, 6) is 1.61. The number of hydrogen-bond acceptors (Lipinski definition) is 5. The summed E-state index contributed by atoms with van der Waals surface area (Å²) >= 11 is 3.44. The summed E-state index contributed by atoms with van der Waals surface area (Å²) in [6.07, 6.45) is 3.95. The van der Waals surface area contributed by atoms with Gasteiger partial charge in [0, 0.05) is 30.1 Å². The summed E-state index contributed by atoms with van der Waals surface area (Å²) in [5.41, 5.74) is 0.0470. The molecule has 1 fully saturated rings. The molecule has 0 aromatic carbocycles. The second-order valence-corrected chi connectivity index (χ2v) is 8.54. The van der Waals surface area contributed by atoms with Gasteiger partial charge in [0.2, 0.25) is 0 Å². The molecule has 2 atom stereocenters. The maximum Gasteiger partial charge on any atom is 0.255 e.